The van der Waals surface area contributed by atoms with Gasteiger partial charge in [-0.2, -0.15) is 0 Å². The second kappa shape index (κ2) is 5.67. The summed E-state index contributed by atoms with van der Waals surface area (Å²) in [6.07, 6.45) is 2.38. The van der Waals surface area contributed by atoms with Gasteiger partial charge in [0.15, 0.2) is 0 Å². The van der Waals surface area contributed by atoms with Crippen molar-refractivity contribution in [2.45, 2.75) is 25.4 Å². The first-order valence-corrected chi connectivity index (χ1v) is 6.51. The third-order valence-corrected chi connectivity index (χ3v) is 3.72. The summed E-state index contributed by atoms with van der Waals surface area (Å²) in [6.45, 7) is 1.00. The average molecular weight is 265 g/mol. The summed E-state index contributed by atoms with van der Waals surface area (Å²) in [5.41, 5.74) is 11.8. The predicted octanol–water partition coefficient (Wildman–Crippen LogP) is 1.09. The van der Waals surface area contributed by atoms with Gasteiger partial charge in [-0.25, -0.2) is 4.39 Å². The van der Waals surface area contributed by atoms with Crippen LogP contribution in [-0.2, 0) is 6.54 Å². The quantitative estimate of drug-likeness (QED) is 0.809. The summed E-state index contributed by atoms with van der Waals surface area (Å²) in [6, 6.07) is 4.49. The van der Waals surface area contributed by atoms with Crippen molar-refractivity contribution in [1.82, 2.24) is 4.90 Å². The van der Waals surface area contributed by atoms with Gasteiger partial charge in [0.25, 0.3) is 0 Å². The standard InChI is InChI=1S/C14H20FN3O/c1-18(13(7-16)9-2-3-9)8-11-6-10(14(17)19)4-5-12(11)15/h4-6,9,13H,2-3,7-8,16H2,1H3,(H2,17,19). The Kier molecular flexibility index (Phi) is 4.17. The molecular formula is C14H20FN3O. The number of benzene rings is 1. The highest BCUT2D eigenvalue weighted by atomic mass is 19.1. The number of halogens is 1. The molecule has 19 heavy (non-hydrogen) atoms. The van der Waals surface area contributed by atoms with Crippen molar-refractivity contribution in [2.75, 3.05) is 13.6 Å². The highest BCUT2D eigenvalue weighted by Gasteiger charge is 2.32. The fraction of sp³-hybridized carbons (Fsp3) is 0.500. The van der Waals surface area contributed by atoms with Crippen molar-refractivity contribution >= 4 is 5.91 Å². The number of nitrogens with zero attached hydrogens (tertiary/aromatic N) is 1. The van der Waals surface area contributed by atoms with E-state index in [0.717, 1.165) is 0 Å². The first kappa shape index (κ1) is 14.0. The summed E-state index contributed by atoms with van der Waals surface area (Å²) >= 11 is 0. The fourth-order valence-corrected chi connectivity index (χ4v) is 2.45. The Morgan fingerprint density at radius 2 is 2.21 bits per heavy atom. The molecule has 1 saturated carbocycles. The number of primary amides is 1. The molecule has 104 valence electrons. The maximum absolute atomic E-state index is 13.8. The van der Waals surface area contributed by atoms with Crippen LogP contribution in [-0.4, -0.2) is 30.4 Å². The summed E-state index contributed by atoms with van der Waals surface area (Å²) in [5.74, 6) is -0.234. The molecule has 1 atom stereocenters. The molecule has 5 heteroatoms. The smallest absolute Gasteiger partial charge is 0.248 e. The summed E-state index contributed by atoms with van der Waals surface area (Å²) < 4.78 is 13.8. The van der Waals surface area contributed by atoms with E-state index in [1.54, 1.807) is 0 Å². The number of rotatable bonds is 6. The van der Waals surface area contributed by atoms with Crippen LogP contribution in [0, 0.1) is 11.7 Å². The summed E-state index contributed by atoms with van der Waals surface area (Å²) in [5, 5.41) is 0. The Balaban J connectivity index is 2.12. The molecular weight excluding hydrogens is 245 g/mol. The topological polar surface area (TPSA) is 72.3 Å². The van der Waals surface area contributed by atoms with Gasteiger partial charge < -0.3 is 11.5 Å². The van der Waals surface area contributed by atoms with Crippen molar-refractivity contribution in [3.05, 3.63) is 35.1 Å². The molecule has 0 radical (unpaired) electrons. The molecule has 1 aromatic carbocycles. The molecule has 0 bridgehead atoms. The van der Waals surface area contributed by atoms with Crippen LogP contribution in [0.1, 0.15) is 28.8 Å². The monoisotopic (exact) mass is 265 g/mol. The second-order valence-electron chi connectivity index (χ2n) is 5.23. The van der Waals surface area contributed by atoms with Crippen LogP contribution < -0.4 is 11.5 Å². The molecule has 0 aliphatic heterocycles. The molecule has 0 saturated heterocycles. The van der Waals surface area contributed by atoms with Crippen LogP contribution in [0.3, 0.4) is 0 Å². The molecule has 2 rings (SSSR count). The van der Waals surface area contributed by atoms with Gasteiger partial charge in [-0.15, -0.1) is 0 Å². The lowest BCUT2D eigenvalue weighted by Gasteiger charge is -2.27. The lowest BCUT2D eigenvalue weighted by molar-refractivity contribution is 0.1000. The number of carbonyl (C=O) groups excluding carboxylic acids is 1. The van der Waals surface area contributed by atoms with Gasteiger partial charge in [-0.3, -0.25) is 9.69 Å². The second-order valence-corrected chi connectivity index (χ2v) is 5.23. The van der Waals surface area contributed by atoms with Crippen molar-refractivity contribution in [1.29, 1.82) is 0 Å². The largest absolute Gasteiger partial charge is 0.366 e. The van der Waals surface area contributed by atoms with Gasteiger partial charge in [-0.1, -0.05) is 0 Å². The van der Waals surface area contributed by atoms with Gasteiger partial charge in [0.1, 0.15) is 5.82 Å². The molecule has 0 aromatic heterocycles. The van der Waals surface area contributed by atoms with Gasteiger partial charge >= 0.3 is 0 Å². The number of carbonyl (C=O) groups is 1. The minimum Gasteiger partial charge on any atom is -0.366 e. The zero-order valence-electron chi connectivity index (χ0n) is 11.1. The SMILES string of the molecule is CN(Cc1cc(C(N)=O)ccc1F)C(CN)C1CC1. The molecule has 1 unspecified atom stereocenters. The van der Waals surface area contributed by atoms with Gasteiger partial charge in [-0.05, 0) is 44.0 Å². The fourth-order valence-electron chi connectivity index (χ4n) is 2.45. The van der Waals surface area contributed by atoms with E-state index < -0.39 is 5.91 Å². The number of amides is 1. The number of hydrogen-bond acceptors (Lipinski definition) is 3. The molecule has 4 N–H and O–H groups in total. The van der Waals surface area contributed by atoms with Crippen LogP contribution in [0.2, 0.25) is 0 Å². The zero-order chi connectivity index (χ0) is 14.0. The van der Waals surface area contributed by atoms with Crippen molar-refractivity contribution in [3.63, 3.8) is 0 Å². The molecule has 0 spiro atoms. The van der Waals surface area contributed by atoms with Crippen LogP contribution in [0.4, 0.5) is 4.39 Å². The van der Waals surface area contributed by atoms with E-state index in [1.807, 2.05) is 7.05 Å². The van der Waals surface area contributed by atoms with E-state index in [-0.39, 0.29) is 11.9 Å². The number of hydrogen-bond donors (Lipinski definition) is 2. The van der Waals surface area contributed by atoms with Crippen LogP contribution >= 0.6 is 0 Å². The van der Waals surface area contributed by atoms with E-state index >= 15 is 0 Å². The van der Waals surface area contributed by atoms with Crippen LogP contribution in [0.25, 0.3) is 0 Å². The van der Waals surface area contributed by atoms with Gasteiger partial charge in [0, 0.05) is 30.3 Å². The minimum atomic E-state index is -0.540. The molecule has 0 heterocycles. The highest BCUT2D eigenvalue weighted by molar-refractivity contribution is 5.92. The van der Waals surface area contributed by atoms with E-state index in [9.17, 15) is 9.18 Å². The first-order chi connectivity index (χ1) is 9.02. The molecule has 1 aliphatic carbocycles. The Morgan fingerprint density at radius 3 is 2.74 bits per heavy atom. The van der Waals surface area contributed by atoms with Gasteiger partial charge in [0.2, 0.25) is 5.91 Å². The molecule has 1 amide bonds. The molecule has 1 aromatic rings. The van der Waals surface area contributed by atoms with E-state index in [2.05, 4.69) is 4.90 Å². The summed E-state index contributed by atoms with van der Waals surface area (Å²) in [4.78, 5) is 13.2. The van der Waals surface area contributed by atoms with Gasteiger partial charge in [0.05, 0.1) is 0 Å². The molecule has 1 aliphatic rings. The molecule has 1 fully saturated rings. The Labute approximate surface area is 112 Å². The van der Waals surface area contributed by atoms with Crippen molar-refractivity contribution in [2.24, 2.45) is 17.4 Å². The van der Waals surface area contributed by atoms with E-state index in [0.29, 0.717) is 30.1 Å². The third kappa shape index (κ3) is 3.30. The van der Waals surface area contributed by atoms with Crippen LogP contribution in [0.15, 0.2) is 18.2 Å². The number of nitrogens with two attached hydrogens (primary N) is 2. The minimum absolute atomic E-state index is 0.275. The maximum atomic E-state index is 13.8. The van der Waals surface area contributed by atoms with Crippen LogP contribution in [0.5, 0.6) is 0 Å². The highest BCUT2D eigenvalue weighted by Crippen LogP contribution is 2.35. The first-order valence-electron chi connectivity index (χ1n) is 6.51. The van der Waals surface area contributed by atoms with Crippen molar-refractivity contribution in [3.8, 4) is 0 Å². The lowest BCUT2D eigenvalue weighted by atomic mass is 10.1. The Hall–Kier alpha value is -1.46. The number of likely N-dealkylation sites (N-methyl/N-ethyl adjacent to an activating group) is 1. The molecule has 4 nitrogen and oxygen atoms in total. The summed E-state index contributed by atoms with van der Waals surface area (Å²) in [7, 11) is 1.94. The third-order valence-electron chi connectivity index (χ3n) is 3.72. The average Bonchev–Trinajstić information content (AvgIpc) is 3.17. The maximum Gasteiger partial charge on any atom is 0.248 e. The Bertz CT molecular complexity index is 474. The lowest BCUT2D eigenvalue weighted by Crippen LogP contribution is -2.39. The van der Waals surface area contributed by atoms with E-state index in [4.69, 9.17) is 11.5 Å². The van der Waals surface area contributed by atoms with Crippen molar-refractivity contribution < 1.29 is 9.18 Å². The zero-order valence-corrected chi connectivity index (χ0v) is 11.1. The van der Waals surface area contributed by atoms with E-state index in [1.165, 1.54) is 31.0 Å². The predicted molar refractivity (Wildman–Crippen MR) is 72.0 cm³/mol. The Morgan fingerprint density at radius 1 is 1.53 bits per heavy atom. The normalized spacial score (nSPS) is 16.6.